The molecule has 0 aliphatic rings. The van der Waals surface area contributed by atoms with Gasteiger partial charge in [-0.05, 0) is 30.7 Å². The first-order valence-corrected chi connectivity index (χ1v) is 7.16. The predicted molar refractivity (Wildman–Crippen MR) is 86.6 cm³/mol. The Bertz CT molecular complexity index is 864. The van der Waals surface area contributed by atoms with Crippen LogP contribution in [0.4, 0.5) is 4.79 Å². The molecular formula is C16H17N5O2. The highest BCUT2D eigenvalue weighted by Crippen LogP contribution is 2.20. The number of hydrogen-bond donors (Lipinski definition) is 2. The lowest BCUT2D eigenvalue weighted by molar-refractivity contribution is 0.189. The summed E-state index contributed by atoms with van der Waals surface area (Å²) in [6.45, 7) is 3.66. The van der Waals surface area contributed by atoms with E-state index in [-0.39, 0.29) is 0 Å². The first-order valence-electron chi connectivity index (χ1n) is 7.16. The van der Waals surface area contributed by atoms with Gasteiger partial charge in [0, 0.05) is 24.8 Å². The molecule has 2 aromatic heterocycles. The Kier molecular flexibility index (Phi) is 3.84. The third-order valence-electron chi connectivity index (χ3n) is 3.53. The Morgan fingerprint density at radius 1 is 1.43 bits per heavy atom. The third kappa shape index (κ3) is 3.08. The van der Waals surface area contributed by atoms with Crippen LogP contribution in [0.1, 0.15) is 18.2 Å². The largest absolute Gasteiger partial charge is 0.465 e. The van der Waals surface area contributed by atoms with Gasteiger partial charge in [0.25, 0.3) is 0 Å². The lowest BCUT2D eigenvalue weighted by Crippen LogP contribution is -2.26. The standard InChI is InChI=1S/C16H17N5O2/c1-3-4-14(17-16(22)23)15-7-8-21(19-15)12-5-6-13-11(9-12)10-20(2)18-13/h3,5-10,14,17H,1,4H2,2H3,(H,22,23). The molecular weight excluding hydrogens is 294 g/mol. The Morgan fingerprint density at radius 2 is 2.26 bits per heavy atom. The monoisotopic (exact) mass is 311 g/mol. The summed E-state index contributed by atoms with van der Waals surface area (Å²) < 4.78 is 3.49. The number of rotatable bonds is 5. The van der Waals surface area contributed by atoms with E-state index < -0.39 is 12.1 Å². The summed E-state index contributed by atoms with van der Waals surface area (Å²) in [5.41, 5.74) is 2.46. The van der Waals surface area contributed by atoms with E-state index in [0.29, 0.717) is 12.1 Å². The van der Waals surface area contributed by atoms with Crippen LogP contribution in [0.2, 0.25) is 0 Å². The van der Waals surface area contributed by atoms with E-state index in [4.69, 9.17) is 5.11 Å². The van der Waals surface area contributed by atoms with E-state index >= 15 is 0 Å². The maximum atomic E-state index is 10.9. The zero-order valence-corrected chi connectivity index (χ0v) is 12.7. The summed E-state index contributed by atoms with van der Waals surface area (Å²) in [5.74, 6) is 0. The van der Waals surface area contributed by atoms with E-state index in [0.717, 1.165) is 16.6 Å². The van der Waals surface area contributed by atoms with Gasteiger partial charge in [-0.1, -0.05) is 6.08 Å². The smallest absolute Gasteiger partial charge is 0.405 e. The van der Waals surface area contributed by atoms with Crippen LogP contribution in [0.5, 0.6) is 0 Å². The first-order chi connectivity index (χ1) is 11.1. The molecule has 0 radical (unpaired) electrons. The number of hydrogen-bond acceptors (Lipinski definition) is 3. The van der Waals surface area contributed by atoms with Crippen molar-refractivity contribution in [2.75, 3.05) is 0 Å². The average Bonchev–Trinajstić information content (AvgIpc) is 3.10. The highest BCUT2D eigenvalue weighted by Gasteiger charge is 2.15. The van der Waals surface area contributed by atoms with Crippen molar-refractivity contribution in [1.82, 2.24) is 24.9 Å². The van der Waals surface area contributed by atoms with Gasteiger partial charge in [-0.3, -0.25) is 4.68 Å². The topological polar surface area (TPSA) is 85.0 Å². The Labute approximate surface area is 132 Å². The second-order valence-corrected chi connectivity index (χ2v) is 5.26. The van der Waals surface area contributed by atoms with E-state index in [1.165, 1.54) is 0 Å². The van der Waals surface area contributed by atoms with Gasteiger partial charge in [-0.2, -0.15) is 10.2 Å². The van der Waals surface area contributed by atoms with E-state index in [1.807, 2.05) is 37.6 Å². The molecule has 118 valence electrons. The zero-order valence-electron chi connectivity index (χ0n) is 12.7. The van der Waals surface area contributed by atoms with Gasteiger partial charge >= 0.3 is 6.09 Å². The minimum absolute atomic E-state index is 0.409. The number of carbonyl (C=O) groups is 1. The molecule has 1 unspecified atom stereocenters. The third-order valence-corrected chi connectivity index (χ3v) is 3.53. The van der Waals surface area contributed by atoms with Crippen LogP contribution in [0.25, 0.3) is 16.6 Å². The van der Waals surface area contributed by atoms with Crippen molar-refractivity contribution in [3.8, 4) is 5.69 Å². The van der Waals surface area contributed by atoms with Crippen LogP contribution in [0.3, 0.4) is 0 Å². The minimum atomic E-state index is -1.08. The molecule has 1 amide bonds. The van der Waals surface area contributed by atoms with Crippen molar-refractivity contribution in [3.05, 3.63) is 55.0 Å². The number of carboxylic acid groups (broad SMARTS) is 1. The molecule has 2 N–H and O–H groups in total. The number of aryl methyl sites for hydroxylation is 1. The molecule has 7 nitrogen and oxygen atoms in total. The Hall–Kier alpha value is -3.09. The normalized spacial score (nSPS) is 12.2. The lowest BCUT2D eigenvalue weighted by atomic mass is 10.1. The fourth-order valence-corrected chi connectivity index (χ4v) is 2.52. The molecule has 3 rings (SSSR count). The van der Waals surface area contributed by atoms with Crippen molar-refractivity contribution >= 4 is 17.0 Å². The van der Waals surface area contributed by atoms with Crippen LogP contribution in [0.15, 0.2) is 49.3 Å². The molecule has 2 heterocycles. The van der Waals surface area contributed by atoms with Crippen molar-refractivity contribution < 1.29 is 9.90 Å². The summed E-state index contributed by atoms with van der Waals surface area (Å²) in [6, 6.07) is 7.25. The molecule has 23 heavy (non-hydrogen) atoms. The SMILES string of the molecule is C=CCC(NC(=O)O)c1ccn(-c2ccc3nn(C)cc3c2)n1. The quantitative estimate of drug-likeness (QED) is 0.709. The summed E-state index contributed by atoms with van der Waals surface area (Å²) in [4.78, 5) is 10.9. The molecule has 0 bridgehead atoms. The van der Waals surface area contributed by atoms with Gasteiger partial charge in [0.05, 0.1) is 22.9 Å². The minimum Gasteiger partial charge on any atom is -0.465 e. The first kappa shape index (κ1) is 14.8. The van der Waals surface area contributed by atoms with Crippen LogP contribution >= 0.6 is 0 Å². The maximum Gasteiger partial charge on any atom is 0.405 e. The molecule has 7 heteroatoms. The Morgan fingerprint density at radius 3 is 3.00 bits per heavy atom. The molecule has 0 saturated carbocycles. The van der Waals surface area contributed by atoms with E-state index in [1.54, 1.807) is 21.5 Å². The second kappa shape index (κ2) is 5.96. The van der Waals surface area contributed by atoms with Crippen molar-refractivity contribution in [1.29, 1.82) is 0 Å². The average molecular weight is 311 g/mol. The molecule has 3 aromatic rings. The molecule has 1 aromatic carbocycles. The van der Waals surface area contributed by atoms with Crippen LogP contribution in [-0.2, 0) is 7.05 Å². The number of nitrogens with zero attached hydrogens (tertiary/aromatic N) is 4. The molecule has 0 saturated heterocycles. The molecule has 0 spiro atoms. The maximum absolute atomic E-state index is 10.9. The summed E-state index contributed by atoms with van der Waals surface area (Å²) in [6.07, 6.45) is 4.82. The van der Waals surface area contributed by atoms with Gasteiger partial charge in [-0.15, -0.1) is 6.58 Å². The fraction of sp³-hybridized carbons (Fsp3) is 0.188. The highest BCUT2D eigenvalue weighted by molar-refractivity contribution is 5.80. The van der Waals surface area contributed by atoms with Crippen LogP contribution in [0, 0.1) is 0 Å². The number of benzene rings is 1. The van der Waals surface area contributed by atoms with E-state index in [2.05, 4.69) is 22.1 Å². The van der Waals surface area contributed by atoms with Crippen LogP contribution in [-0.4, -0.2) is 30.8 Å². The van der Waals surface area contributed by atoms with E-state index in [9.17, 15) is 4.79 Å². The van der Waals surface area contributed by atoms with Gasteiger partial charge in [0.15, 0.2) is 0 Å². The predicted octanol–water partition coefficient (Wildman–Crippen LogP) is 2.64. The van der Waals surface area contributed by atoms with Gasteiger partial charge in [0.2, 0.25) is 0 Å². The second-order valence-electron chi connectivity index (χ2n) is 5.26. The number of amides is 1. The lowest BCUT2D eigenvalue weighted by Gasteiger charge is -2.12. The summed E-state index contributed by atoms with van der Waals surface area (Å²) in [5, 5.41) is 21.2. The fourth-order valence-electron chi connectivity index (χ4n) is 2.52. The van der Waals surface area contributed by atoms with Crippen molar-refractivity contribution in [2.24, 2.45) is 7.05 Å². The number of fused-ring (bicyclic) bond motifs is 1. The molecule has 0 fully saturated rings. The van der Waals surface area contributed by atoms with Crippen LogP contribution < -0.4 is 5.32 Å². The van der Waals surface area contributed by atoms with Gasteiger partial charge in [-0.25, -0.2) is 9.48 Å². The molecule has 1 atom stereocenters. The summed E-state index contributed by atoms with van der Waals surface area (Å²) >= 11 is 0. The Balaban J connectivity index is 1.92. The highest BCUT2D eigenvalue weighted by atomic mass is 16.4. The summed E-state index contributed by atoms with van der Waals surface area (Å²) in [7, 11) is 1.88. The zero-order chi connectivity index (χ0) is 16.4. The van der Waals surface area contributed by atoms with Crippen molar-refractivity contribution in [3.63, 3.8) is 0 Å². The van der Waals surface area contributed by atoms with Gasteiger partial charge < -0.3 is 10.4 Å². The van der Waals surface area contributed by atoms with Gasteiger partial charge in [0.1, 0.15) is 0 Å². The number of aromatic nitrogens is 4. The number of nitrogens with one attached hydrogen (secondary N) is 1. The molecule has 0 aliphatic heterocycles. The van der Waals surface area contributed by atoms with Crippen molar-refractivity contribution in [2.45, 2.75) is 12.5 Å². The molecule has 0 aliphatic carbocycles.